The summed E-state index contributed by atoms with van der Waals surface area (Å²) in [6.07, 6.45) is 0. The van der Waals surface area contributed by atoms with E-state index < -0.39 is 10.2 Å². The molecule has 13 heavy (non-hydrogen) atoms. The van der Waals surface area contributed by atoms with Gasteiger partial charge >= 0.3 is 0 Å². The van der Waals surface area contributed by atoms with Gasteiger partial charge in [0, 0.05) is 25.7 Å². The molecule has 0 amide bonds. The van der Waals surface area contributed by atoms with E-state index in [4.69, 9.17) is 5.73 Å². The van der Waals surface area contributed by atoms with Crippen LogP contribution in [0.15, 0.2) is 0 Å². The molecule has 0 aromatic carbocycles. The molecule has 1 aliphatic rings. The molecule has 1 aliphatic heterocycles. The van der Waals surface area contributed by atoms with Crippen molar-refractivity contribution in [2.45, 2.75) is 19.4 Å². The highest BCUT2D eigenvalue weighted by Gasteiger charge is 2.46. The standard InChI is InChI=1S/C7H17N3O2S/c1-6(2)7(8)4-10(5-7)13(11,12)9-3/h6,9H,4-5,8H2,1-3H3. The normalized spacial score (nSPS) is 23.2. The van der Waals surface area contributed by atoms with Crippen LogP contribution in [0.1, 0.15) is 13.8 Å². The van der Waals surface area contributed by atoms with Crippen LogP contribution in [0.25, 0.3) is 0 Å². The first-order valence-electron chi connectivity index (χ1n) is 4.29. The fourth-order valence-corrected chi connectivity index (χ4v) is 2.35. The quantitative estimate of drug-likeness (QED) is 0.631. The summed E-state index contributed by atoms with van der Waals surface area (Å²) in [5.74, 6) is 0.302. The summed E-state index contributed by atoms with van der Waals surface area (Å²) in [6, 6.07) is 0. The number of nitrogens with zero attached hydrogens (tertiary/aromatic N) is 1. The van der Waals surface area contributed by atoms with Crippen molar-refractivity contribution in [1.29, 1.82) is 0 Å². The number of rotatable bonds is 3. The minimum Gasteiger partial charge on any atom is -0.323 e. The Bertz CT molecular complexity index is 280. The van der Waals surface area contributed by atoms with Gasteiger partial charge in [-0.15, -0.1) is 0 Å². The maximum atomic E-state index is 11.3. The summed E-state index contributed by atoms with van der Waals surface area (Å²) >= 11 is 0. The summed E-state index contributed by atoms with van der Waals surface area (Å²) in [5, 5.41) is 0. The van der Waals surface area contributed by atoms with E-state index in [0.29, 0.717) is 19.0 Å². The predicted octanol–water partition coefficient (Wildman–Crippen LogP) is -0.880. The molecule has 0 atom stereocenters. The van der Waals surface area contributed by atoms with Gasteiger partial charge < -0.3 is 5.73 Å². The van der Waals surface area contributed by atoms with Crippen molar-refractivity contribution in [2.24, 2.45) is 11.7 Å². The molecule has 0 spiro atoms. The zero-order valence-electron chi connectivity index (χ0n) is 8.24. The van der Waals surface area contributed by atoms with Gasteiger partial charge in [0.25, 0.3) is 10.2 Å². The van der Waals surface area contributed by atoms with E-state index in [-0.39, 0.29) is 5.54 Å². The highest BCUT2D eigenvalue weighted by molar-refractivity contribution is 7.87. The molecular weight excluding hydrogens is 190 g/mol. The third kappa shape index (κ3) is 1.85. The van der Waals surface area contributed by atoms with Gasteiger partial charge in [0.1, 0.15) is 0 Å². The van der Waals surface area contributed by atoms with Gasteiger partial charge in [-0.05, 0) is 5.92 Å². The van der Waals surface area contributed by atoms with E-state index in [1.54, 1.807) is 0 Å². The van der Waals surface area contributed by atoms with Crippen LogP contribution in [-0.4, -0.2) is 38.4 Å². The molecule has 0 bridgehead atoms. The molecule has 0 saturated carbocycles. The Labute approximate surface area is 79.5 Å². The van der Waals surface area contributed by atoms with E-state index in [0.717, 1.165) is 0 Å². The van der Waals surface area contributed by atoms with Crippen LogP contribution in [0.4, 0.5) is 0 Å². The van der Waals surface area contributed by atoms with Crippen molar-refractivity contribution >= 4 is 10.2 Å². The second-order valence-electron chi connectivity index (χ2n) is 3.87. The first-order chi connectivity index (χ1) is 5.82. The molecule has 3 N–H and O–H groups in total. The lowest BCUT2D eigenvalue weighted by atomic mass is 9.82. The zero-order valence-corrected chi connectivity index (χ0v) is 9.06. The Morgan fingerprint density at radius 2 is 1.92 bits per heavy atom. The van der Waals surface area contributed by atoms with Gasteiger partial charge in [0.2, 0.25) is 0 Å². The van der Waals surface area contributed by atoms with Gasteiger partial charge in [0.05, 0.1) is 0 Å². The molecule has 0 aromatic rings. The number of nitrogens with one attached hydrogen (secondary N) is 1. The highest BCUT2D eigenvalue weighted by Crippen LogP contribution is 2.27. The Balaban J connectivity index is 2.60. The van der Waals surface area contributed by atoms with Crippen LogP contribution in [0.2, 0.25) is 0 Å². The lowest BCUT2D eigenvalue weighted by molar-refractivity contribution is 0.109. The van der Waals surface area contributed by atoms with Crippen molar-refractivity contribution in [3.8, 4) is 0 Å². The third-order valence-electron chi connectivity index (χ3n) is 2.69. The van der Waals surface area contributed by atoms with E-state index in [9.17, 15) is 8.42 Å². The molecular formula is C7H17N3O2S. The summed E-state index contributed by atoms with van der Waals surface area (Å²) in [6.45, 7) is 4.83. The van der Waals surface area contributed by atoms with Gasteiger partial charge in [0.15, 0.2) is 0 Å². The fraction of sp³-hybridized carbons (Fsp3) is 1.00. The topological polar surface area (TPSA) is 75.4 Å². The van der Waals surface area contributed by atoms with Crippen molar-refractivity contribution in [3.63, 3.8) is 0 Å². The Morgan fingerprint density at radius 1 is 1.46 bits per heavy atom. The largest absolute Gasteiger partial charge is 0.323 e. The molecule has 78 valence electrons. The van der Waals surface area contributed by atoms with Crippen molar-refractivity contribution in [3.05, 3.63) is 0 Å². The predicted molar refractivity (Wildman–Crippen MR) is 51.3 cm³/mol. The average molecular weight is 207 g/mol. The summed E-state index contributed by atoms with van der Waals surface area (Å²) in [5.41, 5.74) is 5.61. The van der Waals surface area contributed by atoms with Crippen molar-refractivity contribution in [1.82, 2.24) is 9.03 Å². The Kier molecular flexibility index (Phi) is 2.68. The van der Waals surface area contributed by atoms with E-state index in [1.807, 2.05) is 13.8 Å². The number of hydrogen-bond donors (Lipinski definition) is 2. The van der Waals surface area contributed by atoms with Crippen molar-refractivity contribution in [2.75, 3.05) is 20.1 Å². The molecule has 1 rings (SSSR count). The van der Waals surface area contributed by atoms with Gasteiger partial charge in [-0.25, -0.2) is 4.72 Å². The third-order valence-corrected chi connectivity index (χ3v) is 4.14. The molecule has 6 heteroatoms. The molecule has 0 unspecified atom stereocenters. The van der Waals surface area contributed by atoms with Crippen LogP contribution in [0.5, 0.6) is 0 Å². The minimum atomic E-state index is -3.26. The van der Waals surface area contributed by atoms with Crippen LogP contribution < -0.4 is 10.5 Å². The highest BCUT2D eigenvalue weighted by atomic mass is 32.2. The molecule has 0 aliphatic carbocycles. The monoisotopic (exact) mass is 207 g/mol. The van der Waals surface area contributed by atoms with E-state index in [1.165, 1.54) is 11.4 Å². The van der Waals surface area contributed by atoms with Crippen LogP contribution >= 0.6 is 0 Å². The zero-order chi connectivity index (χ0) is 10.3. The first kappa shape index (κ1) is 10.9. The average Bonchev–Trinajstić information content (AvgIpc) is 1.98. The van der Waals surface area contributed by atoms with E-state index >= 15 is 0 Å². The van der Waals surface area contributed by atoms with Crippen LogP contribution in [0.3, 0.4) is 0 Å². The number of hydrogen-bond acceptors (Lipinski definition) is 3. The molecule has 5 nitrogen and oxygen atoms in total. The second kappa shape index (κ2) is 3.20. The first-order valence-corrected chi connectivity index (χ1v) is 5.73. The summed E-state index contributed by atoms with van der Waals surface area (Å²) in [7, 11) is -1.86. The van der Waals surface area contributed by atoms with Gasteiger partial charge in [-0.3, -0.25) is 0 Å². The smallest absolute Gasteiger partial charge is 0.279 e. The fourth-order valence-electron chi connectivity index (χ4n) is 1.27. The number of nitrogens with two attached hydrogens (primary N) is 1. The lowest BCUT2D eigenvalue weighted by Crippen LogP contribution is -2.72. The SMILES string of the molecule is CNS(=O)(=O)N1CC(N)(C(C)C)C1. The van der Waals surface area contributed by atoms with Crippen LogP contribution in [-0.2, 0) is 10.2 Å². The minimum absolute atomic E-state index is 0.302. The maximum absolute atomic E-state index is 11.3. The van der Waals surface area contributed by atoms with Crippen LogP contribution in [0, 0.1) is 5.92 Å². The maximum Gasteiger partial charge on any atom is 0.279 e. The Hall–Kier alpha value is -0.170. The molecule has 1 heterocycles. The molecule has 1 saturated heterocycles. The Morgan fingerprint density at radius 3 is 2.23 bits per heavy atom. The van der Waals surface area contributed by atoms with Gasteiger partial charge in [-0.1, -0.05) is 13.8 Å². The summed E-state index contributed by atoms with van der Waals surface area (Å²) in [4.78, 5) is 0. The molecule has 0 aromatic heterocycles. The van der Waals surface area contributed by atoms with Gasteiger partial charge in [-0.2, -0.15) is 12.7 Å². The van der Waals surface area contributed by atoms with E-state index in [2.05, 4.69) is 4.72 Å². The summed E-state index contributed by atoms with van der Waals surface area (Å²) < 4.78 is 26.1. The molecule has 1 fully saturated rings. The molecule has 0 radical (unpaired) electrons. The van der Waals surface area contributed by atoms with Crippen molar-refractivity contribution < 1.29 is 8.42 Å². The lowest BCUT2D eigenvalue weighted by Gasteiger charge is -2.48. The second-order valence-corrected chi connectivity index (χ2v) is 5.74.